The highest BCUT2D eigenvalue weighted by molar-refractivity contribution is 5.96. The van der Waals surface area contributed by atoms with Crippen molar-refractivity contribution in [2.45, 2.75) is 19.3 Å². The Morgan fingerprint density at radius 1 is 1.00 bits per heavy atom. The fraction of sp³-hybridized carbons (Fsp3) is 0.208. The smallest absolute Gasteiger partial charge is 0.225 e. The normalized spacial score (nSPS) is 14.0. The topological polar surface area (TPSA) is 71.9 Å². The zero-order valence-corrected chi connectivity index (χ0v) is 16.7. The summed E-state index contributed by atoms with van der Waals surface area (Å²) in [6.45, 7) is 3.48. The van der Waals surface area contributed by atoms with Crippen molar-refractivity contribution < 1.29 is 4.79 Å². The van der Waals surface area contributed by atoms with Crippen molar-refractivity contribution in [2.24, 2.45) is 0 Å². The van der Waals surface area contributed by atoms with E-state index in [4.69, 9.17) is 0 Å². The minimum atomic E-state index is 0.144. The van der Waals surface area contributed by atoms with Crippen LogP contribution in [0.15, 0.2) is 67.1 Å². The van der Waals surface area contributed by atoms with Gasteiger partial charge in [0.05, 0.1) is 16.9 Å². The quantitative estimate of drug-likeness (QED) is 0.470. The molecule has 6 nitrogen and oxygen atoms in total. The molecule has 0 radical (unpaired) electrons. The number of rotatable bonds is 5. The second-order valence-corrected chi connectivity index (χ2v) is 7.47. The Hall–Kier alpha value is -3.67. The van der Waals surface area contributed by atoms with Crippen LogP contribution < -0.4 is 4.90 Å². The molecule has 1 aliphatic heterocycles. The third-order valence-corrected chi connectivity index (χ3v) is 5.56. The van der Waals surface area contributed by atoms with Gasteiger partial charge in [0, 0.05) is 60.5 Å². The van der Waals surface area contributed by atoms with E-state index in [1.54, 1.807) is 12.4 Å². The van der Waals surface area contributed by atoms with E-state index in [0.717, 1.165) is 52.5 Å². The molecule has 2 aromatic heterocycles. The van der Waals surface area contributed by atoms with Gasteiger partial charge in [-0.25, -0.2) is 9.97 Å². The number of benzene rings is 2. The Balaban J connectivity index is 1.37. The van der Waals surface area contributed by atoms with Crippen molar-refractivity contribution in [1.29, 1.82) is 0 Å². The number of ketones is 1. The summed E-state index contributed by atoms with van der Waals surface area (Å²) in [5.74, 6) is 1.16. The van der Waals surface area contributed by atoms with Crippen LogP contribution in [0.1, 0.15) is 35.3 Å². The summed E-state index contributed by atoms with van der Waals surface area (Å²) in [6, 6.07) is 15.7. The zero-order chi connectivity index (χ0) is 20.5. The van der Waals surface area contributed by atoms with Crippen LogP contribution in [0.3, 0.4) is 0 Å². The Labute approximate surface area is 174 Å². The number of Topliss-reactive ketones (excluding diaryl/α,β-unsaturated/α-hetero) is 1. The maximum absolute atomic E-state index is 11.9. The molecule has 148 valence electrons. The molecule has 0 saturated carbocycles. The van der Waals surface area contributed by atoms with E-state index in [0.29, 0.717) is 6.42 Å². The molecular weight excluding hydrogens is 374 g/mol. The minimum Gasteiger partial charge on any atom is -0.339 e. The molecule has 0 N–H and O–H groups in total. The number of nitrogens with zero attached hydrogens (tertiary/aromatic N) is 5. The van der Waals surface area contributed by atoms with Crippen molar-refractivity contribution in [3.63, 3.8) is 0 Å². The van der Waals surface area contributed by atoms with Crippen LogP contribution in [-0.2, 0) is 0 Å². The molecule has 1 aliphatic rings. The first-order chi connectivity index (χ1) is 14.7. The lowest BCUT2D eigenvalue weighted by Crippen LogP contribution is -2.46. The molecule has 3 heterocycles. The average Bonchev–Trinajstić information content (AvgIpc) is 2.78. The highest BCUT2D eigenvalue weighted by Crippen LogP contribution is 2.34. The van der Waals surface area contributed by atoms with Gasteiger partial charge in [-0.3, -0.25) is 14.8 Å². The van der Waals surface area contributed by atoms with Gasteiger partial charge in [-0.1, -0.05) is 49.4 Å². The number of hydrogen-bond acceptors (Lipinski definition) is 6. The number of carbonyl (C=O) groups excluding carboxylic acids is 1. The first kappa shape index (κ1) is 18.4. The Morgan fingerprint density at radius 2 is 1.77 bits per heavy atom. The molecule has 0 aliphatic carbocycles. The monoisotopic (exact) mass is 395 g/mol. The first-order valence-corrected chi connectivity index (χ1v) is 10.1. The van der Waals surface area contributed by atoms with E-state index in [-0.39, 0.29) is 11.7 Å². The maximum Gasteiger partial charge on any atom is 0.225 e. The predicted octanol–water partition coefficient (Wildman–Crippen LogP) is 4.28. The lowest BCUT2D eigenvalue weighted by Gasteiger charge is -2.39. The molecule has 0 spiro atoms. The molecular formula is C24H21N5O. The SMILES string of the molecule is CCC(=O)c1ccc(-c2nccnc2C2CN(c3ncc4ccccc4n3)C2)cc1. The molecule has 5 rings (SSSR count). The van der Waals surface area contributed by atoms with Gasteiger partial charge in [-0.05, 0) is 6.07 Å². The number of aromatic nitrogens is 4. The summed E-state index contributed by atoms with van der Waals surface area (Å²) >= 11 is 0. The van der Waals surface area contributed by atoms with Gasteiger partial charge in [-0.15, -0.1) is 0 Å². The van der Waals surface area contributed by atoms with E-state index in [1.165, 1.54) is 0 Å². The van der Waals surface area contributed by atoms with Gasteiger partial charge in [0.25, 0.3) is 0 Å². The summed E-state index contributed by atoms with van der Waals surface area (Å²) in [4.78, 5) is 32.5. The van der Waals surface area contributed by atoms with Crippen molar-refractivity contribution in [3.8, 4) is 11.3 Å². The number of anilines is 1. The van der Waals surface area contributed by atoms with Gasteiger partial charge in [0.2, 0.25) is 5.95 Å². The van der Waals surface area contributed by atoms with Crippen LogP contribution >= 0.6 is 0 Å². The standard InChI is InChI=1S/C24H21N5O/c1-2-21(30)16-7-9-17(10-8-16)22-23(26-12-11-25-22)19-14-29(15-19)24-27-13-18-5-3-4-6-20(18)28-24/h3-13,19H,2,14-15H2,1H3. The van der Waals surface area contributed by atoms with E-state index in [9.17, 15) is 4.79 Å². The second kappa shape index (κ2) is 7.63. The second-order valence-electron chi connectivity index (χ2n) is 7.47. The van der Waals surface area contributed by atoms with Crippen LogP contribution in [0, 0.1) is 0 Å². The molecule has 0 unspecified atom stereocenters. The van der Waals surface area contributed by atoms with E-state index >= 15 is 0 Å². The summed E-state index contributed by atoms with van der Waals surface area (Å²) < 4.78 is 0. The third kappa shape index (κ3) is 3.30. The van der Waals surface area contributed by atoms with E-state index in [2.05, 4.69) is 24.8 Å². The van der Waals surface area contributed by atoms with Crippen molar-refractivity contribution >= 4 is 22.6 Å². The fourth-order valence-electron chi connectivity index (χ4n) is 3.82. The Kier molecular flexibility index (Phi) is 4.67. The lowest BCUT2D eigenvalue weighted by atomic mass is 9.92. The number of para-hydroxylation sites is 1. The van der Waals surface area contributed by atoms with Crippen LogP contribution in [0.25, 0.3) is 22.2 Å². The molecule has 0 amide bonds. The first-order valence-electron chi connectivity index (χ1n) is 10.1. The van der Waals surface area contributed by atoms with Crippen LogP contribution in [0.5, 0.6) is 0 Å². The third-order valence-electron chi connectivity index (χ3n) is 5.56. The molecule has 6 heteroatoms. The predicted molar refractivity (Wildman–Crippen MR) is 117 cm³/mol. The zero-order valence-electron chi connectivity index (χ0n) is 16.7. The van der Waals surface area contributed by atoms with Crippen molar-refractivity contribution in [2.75, 3.05) is 18.0 Å². The number of hydrogen-bond donors (Lipinski definition) is 0. The molecule has 4 aromatic rings. The van der Waals surface area contributed by atoms with Gasteiger partial charge in [0.15, 0.2) is 5.78 Å². The van der Waals surface area contributed by atoms with Gasteiger partial charge >= 0.3 is 0 Å². The summed E-state index contributed by atoms with van der Waals surface area (Å²) in [6.07, 6.45) is 5.83. The van der Waals surface area contributed by atoms with Crippen LogP contribution in [0.2, 0.25) is 0 Å². The summed E-state index contributed by atoms with van der Waals surface area (Å²) in [5, 5.41) is 1.04. The summed E-state index contributed by atoms with van der Waals surface area (Å²) in [7, 11) is 0. The molecule has 0 bridgehead atoms. The van der Waals surface area contributed by atoms with Gasteiger partial charge in [0.1, 0.15) is 0 Å². The molecule has 0 atom stereocenters. The highest BCUT2D eigenvalue weighted by atomic mass is 16.1. The number of fused-ring (bicyclic) bond motifs is 1. The van der Waals surface area contributed by atoms with Gasteiger partial charge in [-0.2, -0.15) is 0 Å². The average molecular weight is 395 g/mol. The number of carbonyl (C=O) groups is 1. The fourth-order valence-corrected chi connectivity index (χ4v) is 3.82. The molecule has 2 aromatic carbocycles. The van der Waals surface area contributed by atoms with Crippen LogP contribution in [0.4, 0.5) is 5.95 Å². The minimum absolute atomic E-state index is 0.144. The van der Waals surface area contributed by atoms with Crippen molar-refractivity contribution in [3.05, 3.63) is 78.4 Å². The highest BCUT2D eigenvalue weighted by Gasteiger charge is 2.33. The summed E-state index contributed by atoms with van der Waals surface area (Å²) in [5.41, 5.74) is 4.51. The van der Waals surface area contributed by atoms with Crippen LogP contribution in [-0.4, -0.2) is 38.8 Å². The van der Waals surface area contributed by atoms with Gasteiger partial charge < -0.3 is 4.90 Å². The molecule has 1 fully saturated rings. The molecule has 30 heavy (non-hydrogen) atoms. The maximum atomic E-state index is 11.9. The molecule has 1 saturated heterocycles. The lowest BCUT2D eigenvalue weighted by molar-refractivity contribution is 0.0988. The Morgan fingerprint density at radius 3 is 2.57 bits per heavy atom. The van der Waals surface area contributed by atoms with E-state index in [1.807, 2.05) is 61.7 Å². The largest absolute Gasteiger partial charge is 0.339 e. The van der Waals surface area contributed by atoms with E-state index < -0.39 is 0 Å². The van der Waals surface area contributed by atoms with Crippen molar-refractivity contribution in [1.82, 2.24) is 19.9 Å². The Bertz CT molecular complexity index is 1220.